The molecule has 0 aliphatic heterocycles. The number of anilines is 1. The lowest BCUT2D eigenvalue weighted by atomic mass is 10.1. The molecule has 0 spiro atoms. The summed E-state index contributed by atoms with van der Waals surface area (Å²) in [7, 11) is -3.36. The molecule has 1 aromatic heterocycles. The van der Waals surface area contributed by atoms with Crippen LogP contribution in [0.2, 0.25) is 0 Å². The predicted molar refractivity (Wildman–Crippen MR) is 139 cm³/mol. The summed E-state index contributed by atoms with van der Waals surface area (Å²) >= 11 is 1.13. The quantitative estimate of drug-likeness (QED) is 0.198. The molecule has 0 atom stereocenters. The first-order valence-corrected chi connectivity index (χ1v) is 14.8. The molecule has 188 valence electrons. The van der Waals surface area contributed by atoms with Gasteiger partial charge < -0.3 is 10.1 Å². The van der Waals surface area contributed by atoms with Crippen molar-refractivity contribution in [3.63, 3.8) is 0 Å². The molecule has 0 unspecified atom stereocenters. The number of carbonyl (C=O) groups excluding carboxylic acids is 2. The van der Waals surface area contributed by atoms with Crippen molar-refractivity contribution < 1.29 is 22.7 Å². The number of unbranched alkanes of at least 4 members (excludes halogenated alkanes) is 9. The summed E-state index contributed by atoms with van der Waals surface area (Å²) in [6.45, 7) is 4.23. The minimum absolute atomic E-state index is 0.126. The van der Waals surface area contributed by atoms with Crippen molar-refractivity contribution in [3.8, 4) is 0 Å². The van der Waals surface area contributed by atoms with Crippen molar-refractivity contribution in [2.45, 2.75) is 83.0 Å². The second kappa shape index (κ2) is 14.9. The number of carbonyl (C=O) groups is 2. The van der Waals surface area contributed by atoms with Gasteiger partial charge in [-0.15, -0.1) is 11.3 Å². The fourth-order valence-corrected chi connectivity index (χ4v) is 5.78. The zero-order valence-electron chi connectivity index (χ0n) is 20.3. The van der Waals surface area contributed by atoms with Crippen molar-refractivity contribution in [1.29, 1.82) is 0 Å². The van der Waals surface area contributed by atoms with E-state index < -0.39 is 15.8 Å². The Morgan fingerprint density at radius 1 is 0.824 bits per heavy atom. The third-order valence-electron chi connectivity index (χ3n) is 5.56. The van der Waals surface area contributed by atoms with Crippen molar-refractivity contribution in [2.75, 3.05) is 17.7 Å². The van der Waals surface area contributed by atoms with E-state index in [4.69, 9.17) is 4.74 Å². The summed E-state index contributed by atoms with van der Waals surface area (Å²) < 4.78 is 30.2. The van der Waals surface area contributed by atoms with Crippen LogP contribution in [0.4, 0.5) is 5.00 Å². The maximum atomic E-state index is 12.6. The number of thiophene rings is 1. The zero-order valence-corrected chi connectivity index (χ0v) is 21.9. The van der Waals surface area contributed by atoms with Crippen LogP contribution in [0, 0.1) is 0 Å². The number of benzene rings is 1. The largest absolute Gasteiger partial charge is 0.462 e. The molecule has 34 heavy (non-hydrogen) atoms. The minimum Gasteiger partial charge on any atom is -0.462 e. The Morgan fingerprint density at radius 2 is 1.41 bits per heavy atom. The molecule has 2 aromatic rings. The number of amides is 1. The van der Waals surface area contributed by atoms with E-state index in [1.165, 1.54) is 69.2 Å². The van der Waals surface area contributed by atoms with Gasteiger partial charge in [0.15, 0.2) is 9.84 Å². The Bertz CT molecular complexity index is 996. The predicted octanol–water partition coefficient (Wildman–Crippen LogP) is 6.87. The van der Waals surface area contributed by atoms with Crippen molar-refractivity contribution in [3.05, 3.63) is 46.8 Å². The topological polar surface area (TPSA) is 89.5 Å². The third-order valence-corrected chi connectivity index (χ3v) is 8.36. The molecular weight excluding hydrogens is 470 g/mol. The van der Waals surface area contributed by atoms with Gasteiger partial charge in [0.1, 0.15) is 4.88 Å². The zero-order chi connectivity index (χ0) is 24.8. The number of ether oxygens (including phenoxy) is 1. The SMILES string of the molecule is CCCCCCCCCCCCS(=O)(=O)c1ccc(C(=O)Nc2ccc(C(=O)OCC)s2)cc1. The molecule has 0 aliphatic carbocycles. The summed E-state index contributed by atoms with van der Waals surface area (Å²) in [6, 6.07) is 9.24. The van der Waals surface area contributed by atoms with Crippen LogP contribution < -0.4 is 5.32 Å². The maximum Gasteiger partial charge on any atom is 0.348 e. The van der Waals surface area contributed by atoms with Gasteiger partial charge >= 0.3 is 5.97 Å². The first kappa shape index (κ1) is 28.1. The molecule has 0 bridgehead atoms. The highest BCUT2D eigenvalue weighted by atomic mass is 32.2. The fraction of sp³-hybridized carbons (Fsp3) is 0.538. The molecule has 6 nitrogen and oxygen atoms in total. The molecule has 8 heteroatoms. The average Bonchev–Trinajstić information content (AvgIpc) is 3.29. The average molecular weight is 508 g/mol. The van der Waals surface area contributed by atoms with E-state index in [2.05, 4.69) is 12.2 Å². The summed E-state index contributed by atoms with van der Waals surface area (Å²) in [5.74, 6) is -0.665. The summed E-state index contributed by atoms with van der Waals surface area (Å²) in [4.78, 5) is 24.9. The maximum absolute atomic E-state index is 12.6. The molecular formula is C26H37NO5S2. The van der Waals surface area contributed by atoms with Crippen LogP contribution in [-0.2, 0) is 14.6 Å². The van der Waals surface area contributed by atoms with E-state index in [9.17, 15) is 18.0 Å². The molecule has 0 saturated heterocycles. The van der Waals surface area contributed by atoms with Gasteiger partial charge in [0, 0.05) is 5.56 Å². The van der Waals surface area contributed by atoms with Gasteiger partial charge in [-0.25, -0.2) is 13.2 Å². The minimum atomic E-state index is -3.36. The standard InChI is InChI=1S/C26H37NO5S2/c1-3-5-6-7-8-9-10-11-12-13-20-34(30,31)22-16-14-21(15-17-22)25(28)27-24-19-18-23(33-24)26(29)32-4-2/h14-19H,3-13,20H2,1-2H3,(H,27,28). The van der Waals surface area contributed by atoms with Crippen LogP contribution in [0.3, 0.4) is 0 Å². The normalized spacial score (nSPS) is 11.4. The molecule has 0 aliphatic rings. The lowest BCUT2D eigenvalue weighted by molar-refractivity contribution is 0.0532. The fourth-order valence-electron chi connectivity index (χ4n) is 3.61. The summed E-state index contributed by atoms with van der Waals surface area (Å²) in [5.41, 5.74) is 0.351. The molecule has 2 rings (SSSR count). The number of rotatable bonds is 16. The van der Waals surface area contributed by atoms with Crippen LogP contribution in [0.1, 0.15) is 98.1 Å². The Hall–Kier alpha value is -2.19. The van der Waals surface area contributed by atoms with E-state index in [0.29, 0.717) is 21.9 Å². The highest BCUT2D eigenvalue weighted by Crippen LogP contribution is 2.24. The highest BCUT2D eigenvalue weighted by molar-refractivity contribution is 7.91. The third kappa shape index (κ3) is 9.58. The number of hydrogen-bond acceptors (Lipinski definition) is 6. The lowest BCUT2D eigenvalue weighted by Crippen LogP contribution is -2.12. The summed E-state index contributed by atoms with van der Waals surface area (Å²) in [6.07, 6.45) is 11.5. The van der Waals surface area contributed by atoms with Crippen LogP contribution >= 0.6 is 11.3 Å². The molecule has 0 fully saturated rings. The van der Waals surface area contributed by atoms with Crippen molar-refractivity contribution in [2.24, 2.45) is 0 Å². The summed E-state index contributed by atoms with van der Waals surface area (Å²) in [5, 5.41) is 3.25. The van der Waals surface area contributed by atoms with E-state index in [-0.39, 0.29) is 23.2 Å². The van der Waals surface area contributed by atoms with Gasteiger partial charge in [-0.3, -0.25) is 4.79 Å². The smallest absolute Gasteiger partial charge is 0.348 e. The first-order valence-electron chi connectivity index (χ1n) is 12.3. The Kier molecular flexibility index (Phi) is 12.3. The number of hydrogen-bond donors (Lipinski definition) is 1. The van der Waals surface area contributed by atoms with Crippen molar-refractivity contribution >= 4 is 38.1 Å². The van der Waals surface area contributed by atoms with E-state index in [0.717, 1.165) is 24.2 Å². The highest BCUT2D eigenvalue weighted by Gasteiger charge is 2.16. The molecule has 1 aromatic carbocycles. The van der Waals surface area contributed by atoms with Crippen molar-refractivity contribution in [1.82, 2.24) is 0 Å². The molecule has 1 heterocycles. The number of sulfone groups is 1. The van der Waals surface area contributed by atoms with Gasteiger partial charge in [-0.2, -0.15) is 0 Å². The van der Waals surface area contributed by atoms with Crippen LogP contribution in [-0.4, -0.2) is 32.7 Å². The second-order valence-corrected chi connectivity index (χ2v) is 11.6. The Balaban J connectivity index is 1.76. The molecule has 1 amide bonds. The van der Waals surface area contributed by atoms with Gasteiger partial charge in [0.25, 0.3) is 5.91 Å². The Labute approximate surface area is 208 Å². The van der Waals surface area contributed by atoms with Crippen LogP contribution in [0.5, 0.6) is 0 Å². The van der Waals surface area contributed by atoms with Gasteiger partial charge in [-0.1, -0.05) is 64.7 Å². The van der Waals surface area contributed by atoms with E-state index >= 15 is 0 Å². The Morgan fingerprint density at radius 3 is 2.00 bits per heavy atom. The monoisotopic (exact) mass is 507 g/mol. The van der Waals surface area contributed by atoms with Crippen LogP contribution in [0.15, 0.2) is 41.3 Å². The number of nitrogens with one attached hydrogen (secondary N) is 1. The van der Waals surface area contributed by atoms with E-state index in [1.54, 1.807) is 19.1 Å². The molecule has 0 radical (unpaired) electrons. The second-order valence-electron chi connectivity index (χ2n) is 8.36. The lowest BCUT2D eigenvalue weighted by Gasteiger charge is -2.07. The van der Waals surface area contributed by atoms with Gasteiger partial charge in [0.2, 0.25) is 0 Å². The van der Waals surface area contributed by atoms with Crippen LogP contribution in [0.25, 0.3) is 0 Å². The van der Waals surface area contributed by atoms with Gasteiger partial charge in [0.05, 0.1) is 22.3 Å². The van der Waals surface area contributed by atoms with Gasteiger partial charge in [-0.05, 0) is 49.7 Å². The number of esters is 1. The molecule has 1 N–H and O–H groups in total. The first-order chi connectivity index (χ1) is 16.4. The molecule has 0 saturated carbocycles. The van der Waals surface area contributed by atoms with E-state index in [1.807, 2.05) is 0 Å².